The van der Waals surface area contributed by atoms with Crippen LogP contribution in [0.15, 0.2) is 53.1 Å². The Labute approximate surface area is 192 Å². The number of hydrogen-bond acceptors (Lipinski definition) is 5. The predicted molar refractivity (Wildman–Crippen MR) is 129 cm³/mol. The smallest absolute Gasteiger partial charge is 0.284 e. The molecule has 7 heteroatoms. The highest BCUT2D eigenvalue weighted by Gasteiger charge is 2.21. The predicted octanol–water partition coefficient (Wildman–Crippen LogP) is 4.03. The molecule has 5 rings (SSSR count). The number of carbonyl (C=O) groups excluding carboxylic acids is 1. The first kappa shape index (κ1) is 21.1. The number of H-pyrrole nitrogens is 1. The van der Waals surface area contributed by atoms with Crippen molar-refractivity contribution in [2.45, 2.75) is 19.3 Å². The summed E-state index contributed by atoms with van der Waals surface area (Å²) in [5.41, 5.74) is 10.2. The number of hydrogen-bond donors (Lipinski definition) is 2. The molecule has 0 spiro atoms. The minimum atomic E-state index is -0.542. The molecule has 1 amide bonds. The minimum Gasteiger partial charge on any atom is -0.449 e. The molecule has 2 aromatic carbocycles. The Balaban J connectivity index is 1.13. The third kappa shape index (κ3) is 4.30. The number of aromatic amines is 1. The average Bonchev–Trinajstić information content (AvgIpc) is 3.46. The largest absolute Gasteiger partial charge is 0.449 e. The van der Waals surface area contributed by atoms with Crippen LogP contribution in [-0.2, 0) is 6.42 Å². The number of unbranched alkanes of at least 4 members (excludes halogenated alkanes) is 1. The van der Waals surface area contributed by atoms with Crippen molar-refractivity contribution >= 4 is 33.5 Å². The van der Waals surface area contributed by atoms with Gasteiger partial charge < -0.3 is 20.0 Å². The van der Waals surface area contributed by atoms with Gasteiger partial charge in [-0.3, -0.25) is 9.69 Å². The molecule has 7 nitrogen and oxygen atoms in total. The number of primary amides is 1. The number of benzene rings is 2. The molecular formula is C26H27N5O2. The topological polar surface area (TPSA) is 102 Å². The molecule has 0 saturated carbocycles. The number of piperazine rings is 1. The highest BCUT2D eigenvalue weighted by atomic mass is 16.3. The fraction of sp³-hybridized carbons (Fsp3) is 0.308. The number of aryl methyl sites for hydroxylation is 1. The summed E-state index contributed by atoms with van der Waals surface area (Å²) in [6.07, 6.45) is 5.34. The monoisotopic (exact) mass is 441 g/mol. The van der Waals surface area contributed by atoms with Gasteiger partial charge in [0.05, 0.1) is 17.3 Å². The molecule has 168 valence electrons. The van der Waals surface area contributed by atoms with Crippen LogP contribution in [0.4, 0.5) is 5.69 Å². The number of amides is 1. The number of rotatable bonds is 7. The maximum atomic E-state index is 11.5. The van der Waals surface area contributed by atoms with Crippen molar-refractivity contribution in [1.82, 2.24) is 9.88 Å². The van der Waals surface area contributed by atoms with Crippen molar-refractivity contribution in [3.05, 3.63) is 65.5 Å². The van der Waals surface area contributed by atoms with Gasteiger partial charge in [-0.2, -0.15) is 5.26 Å². The lowest BCUT2D eigenvalue weighted by Gasteiger charge is -2.36. The first-order chi connectivity index (χ1) is 16.1. The number of anilines is 1. The normalized spacial score (nSPS) is 14.7. The van der Waals surface area contributed by atoms with E-state index in [2.05, 4.69) is 27.0 Å². The highest BCUT2D eigenvalue weighted by molar-refractivity contribution is 5.98. The molecule has 1 aliphatic heterocycles. The van der Waals surface area contributed by atoms with E-state index < -0.39 is 5.91 Å². The molecule has 2 aromatic heterocycles. The van der Waals surface area contributed by atoms with Crippen molar-refractivity contribution in [1.29, 1.82) is 5.26 Å². The summed E-state index contributed by atoms with van der Waals surface area (Å²) >= 11 is 0. The van der Waals surface area contributed by atoms with E-state index in [1.54, 1.807) is 6.07 Å². The van der Waals surface area contributed by atoms with Gasteiger partial charge >= 0.3 is 0 Å². The number of furan rings is 1. The number of para-hydroxylation sites is 1. The Bertz CT molecular complexity index is 1340. The second kappa shape index (κ2) is 9.00. The number of nitrogens with two attached hydrogens (primary N) is 1. The van der Waals surface area contributed by atoms with Crippen molar-refractivity contribution in [3.63, 3.8) is 0 Å². The van der Waals surface area contributed by atoms with E-state index in [0.29, 0.717) is 5.56 Å². The summed E-state index contributed by atoms with van der Waals surface area (Å²) < 4.78 is 5.75. The second-order valence-corrected chi connectivity index (χ2v) is 8.64. The highest BCUT2D eigenvalue weighted by Crippen LogP contribution is 2.30. The zero-order valence-electron chi connectivity index (χ0n) is 18.5. The van der Waals surface area contributed by atoms with Crippen molar-refractivity contribution in [3.8, 4) is 6.07 Å². The summed E-state index contributed by atoms with van der Waals surface area (Å²) in [5, 5.41) is 11.2. The molecule has 0 atom stereocenters. The van der Waals surface area contributed by atoms with Crippen molar-refractivity contribution in [2.75, 3.05) is 37.6 Å². The van der Waals surface area contributed by atoms with Crippen molar-refractivity contribution in [2.24, 2.45) is 5.73 Å². The number of fused-ring (bicyclic) bond motifs is 2. The van der Waals surface area contributed by atoms with Gasteiger partial charge in [0.25, 0.3) is 5.91 Å². The Morgan fingerprint density at radius 3 is 2.76 bits per heavy atom. The van der Waals surface area contributed by atoms with Crippen LogP contribution in [0.2, 0.25) is 0 Å². The molecule has 1 aliphatic rings. The van der Waals surface area contributed by atoms with E-state index in [1.165, 1.54) is 5.56 Å². The first-order valence-corrected chi connectivity index (χ1v) is 11.4. The van der Waals surface area contributed by atoms with Gasteiger partial charge in [-0.25, -0.2) is 0 Å². The van der Waals surface area contributed by atoms with Crippen molar-refractivity contribution < 1.29 is 9.21 Å². The van der Waals surface area contributed by atoms with Gasteiger partial charge in [0.15, 0.2) is 11.3 Å². The maximum Gasteiger partial charge on any atom is 0.284 e. The average molecular weight is 442 g/mol. The van der Waals surface area contributed by atoms with Crippen LogP contribution in [0.1, 0.15) is 34.5 Å². The minimum absolute atomic E-state index is 0.204. The summed E-state index contributed by atoms with van der Waals surface area (Å²) in [7, 11) is 0. The fourth-order valence-corrected chi connectivity index (χ4v) is 4.74. The molecule has 0 unspecified atom stereocenters. The molecule has 1 fully saturated rings. The molecule has 1 saturated heterocycles. The SMILES string of the molecule is N#Cc1ccc2[nH]cc(CCCCN3CCN(c4cccc5cc(C(N)=O)oc45)CC3)c2c1. The molecule has 0 radical (unpaired) electrons. The van der Waals surface area contributed by atoms with Crippen LogP contribution in [0.3, 0.4) is 0 Å². The molecule has 0 aliphatic carbocycles. The number of nitrogens with zero attached hydrogens (tertiary/aromatic N) is 3. The van der Waals surface area contributed by atoms with Crippen LogP contribution >= 0.6 is 0 Å². The van der Waals surface area contributed by atoms with E-state index in [0.717, 1.165) is 79.5 Å². The standard InChI is InChI=1S/C26H27N5O2/c27-16-18-7-8-22-21(14-18)20(17-29-22)4-1-2-9-30-10-12-31(13-11-30)23-6-3-5-19-15-24(26(28)32)33-25(19)23/h3,5-8,14-15,17,29H,1-2,4,9-13H2,(H2,28,32). The second-order valence-electron chi connectivity index (χ2n) is 8.64. The van der Waals surface area contributed by atoms with Gasteiger partial charge in [0.2, 0.25) is 0 Å². The van der Waals surface area contributed by atoms with Gasteiger partial charge in [-0.15, -0.1) is 0 Å². The zero-order chi connectivity index (χ0) is 22.8. The van der Waals surface area contributed by atoms with Crippen LogP contribution in [0.5, 0.6) is 0 Å². The van der Waals surface area contributed by atoms with Crippen LogP contribution in [0.25, 0.3) is 21.9 Å². The first-order valence-electron chi connectivity index (χ1n) is 11.4. The van der Waals surface area contributed by atoms with Gasteiger partial charge in [-0.05, 0) is 61.7 Å². The van der Waals surface area contributed by atoms with E-state index in [1.807, 2.05) is 36.4 Å². The molecule has 4 aromatic rings. The Morgan fingerprint density at radius 2 is 1.97 bits per heavy atom. The lowest BCUT2D eigenvalue weighted by atomic mass is 10.1. The van der Waals surface area contributed by atoms with E-state index >= 15 is 0 Å². The number of nitrogens with one attached hydrogen (secondary N) is 1. The fourth-order valence-electron chi connectivity index (χ4n) is 4.74. The van der Waals surface area contributed by atoms with Gasteiger partial charge in [0, 0.05) is 48.7 Å². The maximum absolute atomic E-state index is 11.5. The Morgan fingerprint density at radius 1 is 1.12 bits per heavy atom. The molecule has 3 heterocycles. The zero-order valence-corrected chi connectivity index (χ0v) is 18.5. The van der Waals surface area contributed by atoms with Crippen LogP contribution < -0.4 is 10.6 Å². The van der Waals surface area contributed by atoms with E-state index in [9.17, 15) is 4.79 Å². The molecule has 33 heavy (non-hydrogen) atoms. The molecule has 0 bridgehead atoms. The number of carbonyl (C=O) groups is 1. The number of nitriles is 1. The third-order valence-electron chi connectivity index (χ3n) is 6.55. The summed E-state index contributed by atoms with van der Waals surface area (Å²) in [6, 6.07) is 15.7. The van der Waals surface area contributed by atoms with Gasteiger partial charge in [0.1, 0.15) is 0 Å². The summed E-state index contributed by atoms with van der Waals surface area (Å²) in [4.78, 5) is 19.6. The molecule has 3 N–H and O–H groups in total. The number of aromatic nitrogens is 1. The Hall–Kier alpha value is -3.76. The van der Waals surface area contributed by atoms with Crippen LogP contribution in [-0.4, -0.2) is 48.5 Å². The van der Waals surface area contributed by atoms with Gasteiger partial charge in [-0.1, -0.05) is 12.1 Å². The molecular weight excluding hydrogens is 414 g/mol. The summed E-state index contributed by atoms with van der Waals surface area (Å²) in [5.74, 6) is -0.338. The lowest BCUT2D eigenvalue weighted by Crippen LogP contribution is -2.46. The Kier molecular flexibility index (Phi) is 5.76. The third-order valence-corrected chi connectivity index (χ3v) is 6.55. The quantitative estimate of drug-likeness (QED) is 0.422. The summed E-state index contributed by atoms with van der Waals surface area (Å²) in [6.45, 7) is 4.92. The van der Waals surface area contributed by atoms with E-state index in [4.69, 9.17) is 15.4 Å². The van der Waals surface area contributed by atoms with E-state index in [-0.39, 0.29) is 5.76 Å². The lowest BCUT2D eigenvalue weighted by molar-refractivity contribution is 0.0976. The van der Waals surface area contributed by atoms with Crippen LogP contribution in [0, 0.1) is 11.3 Å².